The lowest BCUT2D eigenvalue weighted by Crippen LogP contribution is -2.48. The van der Waals surface area contributed by atoms with Gasteiger partial charge in [-0.05, 0) is 44.7 Å². The topological polar surface area (TPSA) is 61.4 Å². The highest BCUT2D eigenvalue weighted by Crippen LogP contribution is 2.40. The van der Waals surface area contributed by atoms with Crippen molar-refractivity contribution in [3.05, 3.63) is 46.4 Å². The third-order valence-corrected chi connectivity index (χ3v) is 6.09. The summed E-state index contributed by atoms with van der Waals surface area (Å²) in [6.07, 6.45) is 3.10. The minimum atomic E-state index is -0.0410. The molecule has 3 heterocycles. The van der Waals surface area contributed by atoms with Crippen LogP contribution in [0.5, 0.6) is 0 Å². The number of benzene rings is 1. The normalized spacial score (nSPS) is 19.4. The van der Waals surface area contributed by atoms with Crippen molar-refractivity contribution in [1.29, 1.82) is 0 Å². The number of nitrogens with zero attached hydrogens (tertiary/aromatic N) is 4. The Bertz CT molecular complexity index is 929. The number of carbonyl (C=O) groups is 1. The van der Waals surface area contributed by atoms with Crippen LogP contribution in [0.25, 0.3) is 0 Å². The fourth-order valence-corrected chi connectivity index (χ4v) is 4.40. The van der Waals surface area contributed by atoms with Gasteiger partial charge in [0.15, 0.2) is 0 Å². The SMILES string of the molecule is Cc1ccc(N2CCN(c3nc(C4CC4)nc4c3CCNC4=O)CC2)c(C)c1. The summed E-state index contributed by atoms with van der Waals surface area (Å²) in [7, 11) is 0. The molecular weight excluding hydrogens is 350 g/mol. The molecule has 6 nitrogen and oxygen atoms in total. The summed E-state index contributed by atoms with van der Waals surface area (Å²) in [6, 6.07) is 6.68. The number of piperazine rings is 1. The van der Waals surface area contributed by atoms with Crippen molar-refractivity contribution >= 4 is 17.4 Å². The van der Waals surface area contributed by atoms with Gasteiger partial charge in [-0.3, -0.25) is 4.79 Å². The molecule has 0 radical (unpaired) electrons. The number of aryl methyl sites for hydroxylation is 2. The van der Waals surface area contributed by atoms with Gasteiger partial charge in [-0.2, -0.15) is 0 Å². The first-order valence-corrected chi connectivity index (χ1v) is 10.4. The molecule has 1 saturated carbocycles. The largest absolute Gasteiger partial charge is 0.368 e. The number of amides is 1. The monoisotopic (exact) mass is 377 g/mol. The van der Waals surface area contributed by atoms with Crippen LogP contribution >= 0.6 is 0 Å². The molecule has 0 unspecified atom stereocenters. The molecule has 1 N–H and O–H groups in total. The third-order valence-electron chi connectivity index (χ3n) is 6.09. The van der Waals surface area contributed by atoms with Crippen LogP contribution in [0, 0.1) is 13.8 Å². The molecule has 0 bridgehead atoms. The zero-order chi connectivity index (χ0) is 19.3. The molecule has 5 rings (SSSR count). The lowest BCUT2D eigenvalue weighted by atomic mass is 10.0. The molecule has 0 atom stereocenters. The maximum atomic E-state index is 12.4. The molecule has 2 fully saturated rings. The number of rotatable bonds is 3. The van der Waals surface area contributed by atoms with E-state index in [1.807, 2.05) is 0 Å². The van der Waals surface area contributed by atoms with Crippen molar-refractivity contribution in [2.75, 3.05) is 42.5 Å². The smallest absolute Gasteiger partial charge is 0.270 e. The number of carbonyl (C=O) groups excluding carboxylic acids is 1. The van der Waals surface area contributed by atoms with E-state index in [1.54, 1.807) is 0 Å². The van der Waals surface area contributed by atoms with Gasteiger partial charge in [0.1, 0.15) is 17.3 Å². The summed E-state index contributed by atoms with van der Waals surface area (Å²) in [4.78, 5) is 26.8. The van der Waals surface area contributed by atoms with Gasteiger partial charge in [0.05, 0.1) is 0 Å². The molecule has 28 heavy (non-hydrogen) atoms. The third kappa shape index (κ3) is 3.11. The van der Waals surface area contributed by atoms with Crippen molar-refractivity contribution in [2.45, 2.75) is 39.0 Å². The van der Waals surface area contributed by atoms with E-state index in [2.05, 4.69) is 52.1 Å². The summed E-state index contributed by atoms with van der Waals surface area (Å²) in [5, 5.41) is 2.94. The number of fused-ring (bicyclic) bond motifs is 1. The molecule has 1 amide bonds. The highest BCUT2D eigenvalue weighted by molar-refractivity contribution is 5.96. The molecule has 1 aliphatic carbocycles. The summed E-state index contributed by atoms with van der Waals surface area (Å²) in [6.45, 7) is 8.77. The highest BCUT2D eigenvalue weighted by atomic mass is 16.1. The summed E-state index contributed by atoms with van der Waals surface area (Å²) in [5.41, 5.74) is 5.61. The Hall–Kier alpha value is -2.63. The lowest BCUT2D eigenvalue weighted by Gasteiger charge is -2.38. The van der Waals surface area contributed by atoms with Gasteiger partial charge in [0.2, 0.25) is 0 Å². The zero-order valence-electron chi connectivity index (χ0n) is 16.7. The van der Waals surface area contributed by atoms with Gasteiger partial charge in [0.25, 0.3) is 5.91 Å². The maximum Gasteiger partial charge on any atom is 0.270 e. The number of anilines is 2. The molecule has 1 aromatic carbocycles. The van der Waals surface area contributed by atoms with E-state index in [9.17, 15) is 4.79 Å². The number of hydrogen-bond donors (Lipinski definition) is 1. The second-order valence-corrected chi connectivity index (χ2v) is 8.28. The van der Waals surface area contributed by atoms with Crippen LogP contribution in [0.3, 0.4) is 0 Å². The molecular formula is C22H27N5O. The van der Waals surface area contributed by atoms with Crippen LogP contribution in [0.2, 0.25) is 0 Å². The lowest BCUT2D eigenvalue weighted by molar-refractivity contribution is 0.0940. The fraction of sp³-hybridized carbons (Fsp3) is 0.500. The zero-order valence-corrected chi connectivity index (χ0v) is 16.7. The first kappa shape index (κ1) is 17.5. The molecule has 146 valence electrons. The van der Waals surface area contributed by atoms with Gasteiger partial charge in [-0.25, -0.2) is 9.97 Å². The highest BCUT2D eigenvalue weighted by Gasteiger charge is 2.33. The van der Waals surface area contributed by atoms with Crippen LogP contribution in [-0.2, 0) is 6.42 Å². The Morgan fingerprint density at radius 2 is 1.79 bits per heavy atom. The second-order valence-electron chi connectivity index (χ2n) is 8.28. The van der Waals surface area contributed by atoms with E-state index < -0.39 is 0 Å². The van der Waals surface area contributed by atoms with E-state index in [-0.39, 0.29) is 5.91 Å². The molecule has 6 heteroatoms. The molecule has 3 aliphatic rings. The number of hydrogen-bond acceptors (Lipinski definition) is 5. The quantitative estimate of drug-likeness (QED) is 0.891. The van der Waals surface area contributed by atoms with Crippen LogP contribution in [0.15, 0.2) is 18.2 Å². The number of nitrogens with one attached hydrogen (secondary N) is 1. The first-order chi connectivity index (χ1) is 13.6. The van der Waals surface area contributed by atoms with Crippen LogP contribution in [0.4, 0.5) is 11.5 Å². The Balaban J connectivity index is 1.41. The van der Waals surface area contributed by atoms with Crippen molar-refractivity contribution in [2.24, 2.45) is 0 Å². The van der Waals surface area contributed by atoms with Gasteiger partial charge >= 0.3 is 0 Å². The van der Waals surface area contributed by atoms with E-state index in [0.717, 1.165) is 62.6 Å². The molecule has 1 aromatic heterocycles. The van der Waals surface area contributed by atoms with E-state index in [0.29, 0.717) is 18.2 Å². The average Bonchev–Trinajstić information content (AvgIpc) is 3.53. The van der Waals surface area contributed by atoms with E-state index in [4.69, 9.17) is 4.98 Å². The Morgan fingerprint density at radius 3 is 2.50 bits per heavy atom. The van der Waals surface area contributed by atoms with Crippen LogP contribution < -0.4 is 15.1 Å². The van der Waals surface area contributed by atoms with Crippen molar-refractivity contribution < 1.29 is 4.79 Å². The summed E-state index contributed by atoms with van der Waals surface area (Å²) < 4.78 is 0. The average molecular weight is 377 g/mol. The molecule has 2 aliphatic heterocycles. The van der Waals surface area contributed by atoms with Crippen molar-refractivity contribution in [3.63, 3.8) is 0 Å². The summed E-state index contributed by atoms with van der Waals surface area (Å²) >= 11 is 0. The maximum absolute atomic E-state index is 12.4. The van der Waals surface area contributed by atoms with E-state index in [1.165, 1.54) is 16.8 Å². The van der Waals surface area contributed by atoms with Gasteiger partial charge < -0.3 is 15.1 Å². The summed E-state index contributed by atoms with van der Waals surface area (Å²) in [5.74, 6) is 2.26. The van der Waals surface area contributed by atoms with Gasteiger partial charge in [0, 0.05) is 49.9 Å². The Kier molecular flexibility index (Phi) is 4.22. The molecule has 0 spiro atoms. The standard InChI is InChI=1S/C22H27N5O/c1-14-3-6-18(15(2)13-14)26-9-11-27(12-10-26)21-17-7-8-23-22(28)19(17)24-20(25-21)16-4-5-16/h3,6,13,16H,4-5,7-12H2,1-2H3,(H,23,28). The first-order valence-electron chi connectivity index (χ1n) is 10.4. The predicted octanol–water partition coefficient (Wildman–Crippen LogP) is 2.58. The Labute approximate surface area is 166 Å². The molecule has 2 aromatic rings. The van der Waals surface area contributed by atoms with Crippen molar-refractivity contribution in [3.8, 4) is 0 Å². The minimum absolute atomic E-state index is 0.0410. The predicted molar refractivity (Wildman–Crippen MR) is 110 cm³/mol. The van der Waals surface area contributed by atoms with Gasteiger partial charge in [-0.1, -0.05) is 17.7 Å². The molecule has 1 saturated heterocycles. The Morgan fingerprint density at radius 1 is 1.04 bits per heavy atom. The van der Waals surface area contributed by atoms with Crippen LogP contribution in [0.1, 0.15) is 51.8 Å². The van der Waals surface area contributed by atoms with Crippen molar-refractivity contribution in [1.82, 2.24) is 15.3 Å². The minimum Gasteiger partial charge on any atom is -0.368 e. The van der Waals surface area contributed by atoms with Crippen LogP contribution in [-0.4, -0.2) is 48.6 Å². The second kappa shape index (κ2) is 6.76. The number of aromatic nitrogens is 2. The van der Waals surface area contributed by atoms with E-state index >= 15 is 0 Å². The van der Waals surface area contributed by atoms with Gasteiger partial charge in [-0.15, -0.1) is 0 Å². The fourth-order valence-electron chi connectivity index (χ4n) is 4.40.